The number of carboxylic acid groups (broad SMARTS) is 5. The summed E-state index contributed by atoms with van der Waals surface area (Å²) in [5.74, 6) is -26.1. The third-order valence-electron chi connectivity index (χ3n) is 17.0. The van der Waals surface area contributed by atoms with Crippen LogP contribution in [0.15, 0.2) is 24.3 Å². The van der Waals surface area contributed by atoms with Gasteiger partial charge in [0.2, 0.25) is 76.8 Å². The number of amides is 13. The Morgan fingerprint density at radius 1 is 0.600 bits per heavy atom. The lowest BCUT2D eigenvalue weighted by atomic mass is 9.96. The number of cyclic esters (lactones) is 1. The van der Waals surface area contributed by atoms with Crippen LogP contribution in [0, 0.1) is 11.8 Å². The van der Waals surface area contributed by atoms with E-state index >= 15 is 4.79 Å². The molecule has 0 unspecified atom stereocenters. The molecule has 2 fully saturated rings. The molecule has 582 valence electrons. The van der Waals surface area contributed by atoms with Crippen LogP contribution >= 0.6 is 0 Å². The minimum atomic E-state index is -2.25. The lowest BCUT2D eigenvalue weighted by Crippen LogP contribution is -2.63. The molecule has 13 amide bonds. The van der Waals surface area contributed by atoms with Gasteiger partial charge in [0.05, 0.1) is 31.8 Å². The first-order chi connectivity index (χ1) is 49.4. The number of aromatic hydroxyl groups is 1. The Labute approximate surface area is 603 Å². The molecule has 0 bridgehead atoms. The first kappa shape index (κ1) is 88.2. The van der Waals surface area contributed by atoms with Crippen LogP contribution in [0.25, 0.3) is 0 Å². The zero-order valence-corrected chi connectivity index (χ0v) is 59.2. The molecule has 12 atom stereocenters. The minimum absolute atomic E-state index is 0.0117. The number of ether oxygens (including phenoxy) is 1. The minimum Gasteiger partial charge on any atom is -0.508 e. The Morgan fingerprint density at radius 2 is 1.19 bits per heavy atom. The SMILES string of the molecule is CCCCCCCC(=O)NC[C@@H](C)C(=O)NCC(=O)N[C@H](CCC(=O)O)C(=O)N[C@@H](Cc1ccc(O)cc1)C(=O)N[C@@H]1C(=O)N[C@H]([C@H](C)CC)C(=O)N[C@@H](CC(=O)O)C(=O)N[C@@H](CC(=O)O)C(=O)N2CCC[C@H]2C(=O)NCC(=O)N[C@H](CCC(=O)O)C(=O)N[C@@H](CCC(=O)O)C(=O)N(C)CC(=O)O[C@@H]1C. The molecule has 0 saturated carbocycles. The van der Waals surface area contributed by atoms with Crippen molar-refractivity contribution < 1.29 is 126 Å². The number of phenols is 1. The Kier molecular flexibility index (Phi) is 37.3. The number of esters is 1. The van der Waals surface area contributed by atoms with E-state index in [0.29, 0.717) is 11.3 Å². The average Bonchev–Trinajstić information content (AvgIpc) is 1.76. The van der Waals surface area contributed by atoms with E-state index < -0.39 is 256 Å². The molecule has 2 heterocycles. The van der Waals surface area contributed by atoms with Gasteiger partial charge >= 0.3 is 35.8 Å². The van der Waals surface area contributed by atoms with Gasteiger partial charge in [-0.3, -0.25) is 91.1 Å². The Hall–Kier alpha value is -11.0. The predicted octanol–water partition coefficient (Wildman–Crippen LogP) is -3.86. The lowest BCUT2D eigenvalue weighted by molar-refractivity contribution is -0.156. The number of nitrogens with zero attached hydrogens (tertiary/aromatic N) is 2. The van der Waals surface area contributed by atoms with E-state index in [2.05, 4.69) is 58.5 Å². The van der Waals surface area contributed by atoms with E-state index in [1.54, 1.807) is 0 Å². The molecule has 2 saturated heterocycles. The molecule has 0 aromatic heterocycles. The van der Waals surface area contributed by atoms with Crippen LogP contribution in [0.3, 0.4) is 0 Å². The highest BCUT2D eigenvalue weighted by Gasteiger charge is 2.42. The van der Waals surface area contributed by atoms with Crippen LogP contribution in [0.4, 0.5) is 0 Å². The number of hydrogen-bond acceptors (Lipinski definition) is 21. The number of carbonyl (C=O) groups excluding carboxylic acids is 14. The maximum Gasteiger partial charge on any atom is 0.325 e. The number of benzene rings is 1. The molecule has 1 aromatic carbocycles. The highest BCUT2D eigenvalue weighted by molar-refractivity contribution is 6.01. The lowest BCUT2D eigenvalue weighted by Gasteiger charge is -2.32. The van der Waals surface area contributed by atoms with E-state index in [1.807, 2.05) is 6.92 Å². The van der Waals surface area contributed by atoms with Crippen molar-refractivity contribution in [3.63, 3.8) is 0 Å². The van der Waals surface area contributed by atoms with Gasteiger partial charge in [-0.2, -0.15) is 0 Å². The van der Waals surface area contributed by atoms with E-state index in [4.69, 9.17) is 4.74 Å². The van der Waals surface area contributed by atoms with Crippen molar-refractivity contribution in [3.05, 3.63) is 29.8 Å². The maximum absolute atomic E-state index is 15.0. The van der Waals surface area contributed by atoms with Crippen molar-refractivity contribution in [1.29, 1.82) is 0 Å². The Balaban J connectivity index is 2.21. The molecule has 105 heavy (non-hydrogen) atoms. The number of aliphatic carboxylic acids is 5. The van der Waals surface area contributed by atoms with Crippen LogP contribution in [-0.4, -0.2) is 253 Å². The van der Waals surface area contributed by atoms with Gasteiger partial charge in [0.1, 0.15) is 72.8 Å². The molecule has 2 aliphatic heterocycles. The normalized spacial score (nSPS) is 21.7. The monoisotopic (exact) mass is 1490 g/mol. The number of unbranched alkanes of at least 4 members (excludes halogenated alkanes) is 4. The van der Waals surface area contributed by atoms with Gasteiger partial charge in [-0.05, 0) is 69.1 Å². The van der Waals surface area contributed by atoms with E-state index in [-0.39, 0.29) is 56.0 Å². The summed E-state index contributed by atoms with van der Waals surface area (Å²) in [5.41, 5.74) is 0.180. The molecule has 39 heteroatoms. The molecular weight excluding hydrogens is 1390 g/mol. The fraction of sp³-hybridized carbons (Fsp3) is 0.621. The van der Waals surface area contributed by atoms with Gasteiger partial charge < -0.3 is 104 Å². The van der Waals surface area contributed by atoms with Crippen molar-refractivity contribution >= 4 is 113 Å². The summed E-state index contributed by atoms with van der Waals surface area (Å²) in [7, 11) is 0.977. The fourth-order valence-electron chi connectivity index (χ4n) is 10.9. The van der Waals surface area contributed by atoms with Crippen LogP contribution in [0.2, 0.25) is 0 Å². The number of fused-ring (bicyclic) bond motifs is 1. The smallest absolute Gasteiger partial charge is 0.325 e. The second-order valence-electron chi connectivity index (χ2n) is 25.6. The van der Waals surface area contributed by atoms with Crippen molar-refractivity contribution in [3.8, 4) is 5.75 Å². The molecule has 17 N–H and O–H groups in total. The van der Waals surface area contributed by atoms with Gasteiger partial charge in [0.15, 0.2) is 0 Å². The third kappa shape index (κ3) is 31.6. The van der Waals surface area contributed by atoms with Gasteiger partial charge in [-0.25, -0.2) is 0 Å². The van der Waals surface area contributed by atoms with E-state index in [9.17, 15) is 117 Å². The second kappa shape index (κ2) is 44.5. The summed E-state index contributed by atoms with van der Waals surface area (Å²) in [6, 6.07) is -12.3. The summed E-state index contributed by atoms with van der Waals surface area (Å²) in [4.78, 5) is 257. The summed E-state index contributed by atoms with van der Waals surface area (Å²) >= 11 is 0. The summed E-state index contributed by atoms with van der Waals surface area (Å²) in [6.45, 7) is 4.24. The number of likely N-dealkylation sites (N-methyl/N-ethyl adjacent to an activating group) is 1. The Bertz CT molecular complexity index is 3320. The quantitative estimate of drug-likeness (QED) is 0.0237. The van der Waals surface area contributed by atoms with Crippen LogP contribution in [-0.2, 0) is 102 Å². The first-order valence-corrected chi connectivity index (χ1v) is 34.3. The summed E-state index contributed by atoms with van der Waals surface area (Å²) in [5, 5.41) is 84.4. The molecular formula is C66H97N13O26. The van der Waals surface area contributed by atoms with Crippen molar-refractivity contribution in [2.45, 2.75) is 211 Å². The molecule has 0 radical (unpaired) electrons. The third-order valence-corrected chi connectivity index (χ3v) is 17.0. The topological polar surface area (TPSA) is 594 Å². The second-order valence-corrected chi connectivity index (χ2v) is 25.6. The van der Waals surface area contributed by atoms with E-state index in [0.717, 1.165) is 44.6 Å². The zero-order chi connectivity index (χ0) is 78.8. The number of hydrogen-bond donors (Lipinski definition) is 17. The van der Waals surface area contributed by atoms with Crippen LogP contribution < -0.4 is 58.5 Å². The predicted molar refractivity (Wildman–Crippen MR) is 361 cm³/mol. The molecule has 3 rings (SSSR count). The maximum atomic E-state index is 15.0. The molecule has 39 nitrogen and oxygen atoms in total. The van der Waals surface area contributed by atoms with Crippen molar-refractivity contribution in [2.24, 2.45) is 11.8 Å². The number of carbonyl (C=O) groups is 19. The van der Waals surface area contributed by atoms with Crippen molar-refractivity contribution in [2.75, 3.05) is 39.8 Å². The summed E-state index contributed by atoms with van der Waals surface area (Å²) < 4.78 is 5.62. The molecule has 0 spiro atoms. The number of nitrogens with one attached hydrogen (secondary N) is 11. The van der Waals surface area contributed by atoms with Gasteiger partial charge in [0.25, 0.3) is 0 Å². The molecule has 0 aliphatic carbocycles. The van der Waals surface area contributed by atoms with Gasteiger partial charge in [-0.1, -0.05) is 71.9 Å². The average molecular weight is 1490 g/mol. The standard InChI is InChI=1S/C66H97N13O26/c1-7-9-10-11-12-15-46(81)67-30-35(4)57(95)68-31-47(82)71-40(21-24-50(86)87)59(97)73-42(27-37-16-18-38(80)19-17-37)61(99)77-56-36(5)105-54(94)33-78(6)65(103)41(22-25-51(88)89)72-58(96)39(20-23-49(84)85)70-48(83)32-69-62(100)45-14-13-26-79(45)66(104)44(29-53(92)93)75-60(98)43(28-52(90)91)74-63(101)55(34(3)8-2)76-64(56)102/h16-19,34-36,39-45,55-56,80H,7-15,20-33H2,1-6H3,(H,67,81)(H,68,95)(H,69,100)(H,70,83)(H,71,82)(H,72,96)(H,73,97)(H,74,101)(H,75,98)(H,76,102)(H,77,99)(H,84,85)(H,86,87)(H,88,89)(H,90,91)(H,92,93)/t34-,35-,36-,39-,40-,41+,42+,43+,44+,45+,55-,56+/m1/s1. The highest BCUT2D eigenvalue weighted by Crippen LogP contribution is 2.21. The van der Waals surface area contributed by atoms with Gasteiger partial charge in [-0.15, -0.1) is 0 Å². The summed E-state index contributed by atoms with van der Waals surface area (Å²) in [6.07, 6.45) is -4.73. The zero-order valence-electron chi connectivity index (χ0n) is 59.2. The van der Waals surface area contributed by atoms with Gasteiger partial charge in [0, 0.05) is 52.2 Å². The van der Waals surface area contributed by atoms with Crippen molar-refractivity contribution in [1.82, 2.24) is 68.3 Å². The number of rotatable bonds is 33. The fourth-order valence-corrected chi connectivity index (χ4v) is 10.9. The molecule has 2 aliphatic rings. The molecule has 1 aromatic rings. The van der Waals surface area contributed by atoms with Crippen LogP contribution in [0.5, 0.6) is 5.75 Å². The highest BCUT2D eigenvalue weighted by atomic mass is 16.5. The van der Waals surface area contributed by atoms with Crippen LogP contribution in [0.1, 0.15) is 149 Å². The Morgan fingerprint density at radius 3 is 1.80 bits per heavy atom. The first-order valence-electron chi connectivity index (χ1n) is 34.3. The number of phenolic OH excluding ortho intramolecular Hbond substituents is 1. The number of carboxylic acids is 5. The van der Waals surface area contributed by atoms with E-state index in [1.165, 1.54) is 45.0 Å². The largest absolute Gasteiger partial charge is 0.508 e.